The van der Waals surface area contributed by atoms with E-state index < -0.39 is 12.1 Å². The molecular formula is C21H28FN5O5. The first-order valence-corrected chi connectivity index (χ1v) is 10.3. The van der Waals surface area contributed by atoms with Crippen LogP contribution in [0.4, 0.5) is 4.39 Å². The van der Waals surface area contributed by atoms with Gasteiger partial charge in [-0.05, 0) is 43.4 Å². The van der Waals surface area contributed by atoms with Crippen molar-refractivity contribution in [1.29, 1.82) is 0 Å². The van der Waals surface area contributed by atoms with Crippen LogP contribution in [0.5, 0.6) is 0 Å². The molecule has 1 aliphatic carbocycles. The topological polar surface area (TPSA) is 146 Å². The highest BCUT2D eigenvalue weighted by Gasteiger charge is 2.33. The van der Waals surface area contributed by atoms with Gasteiger partial charge in [0.2, 0.25) is 11.8 Å². The highest BCUT2D eigenvalue weighted by Crippen LogP contribution is 2.25. The van der Waals surface area contributed by atoms with Crippen molar-refractivity contribution in [3.05, 3.63) is 48.0 Å². The normalized spacial score (nSPS) is 19.9. The molecule has 1 aromatic carbocycles. The molecule has 174 valence electrons. The van der Waals surface area contributed by atoms with Gasteiger partial charge in [-0.1, -0.05) is 17.3 Å². The van der Waals surface area contributed by atoms with Gasteiger partial charge in [0.15, 0.2) is 0 Å². The summed E-state index contributed by atoms with van der Waals surface area (Å²) in [7, 11) is 0. The van der Waals surface area contributed by atoms with Crippen LogP contribution >= 0.6 is 0 Å². The maximum absolute atomic E-state index is 13.2. The van der Waals surface area contributed by atoms with E-state index in [4.69, 9.17) is 9.90 Å². The molecule has 4 N–H and O–H groups in total. The number of carbonyl (C=O) groups is 3. The van der Waals surface area contributed by atoms with Crippen LogP contribution in [0.25, 0.3) is 0 Å². The number of carbonyl (C=O) groups excluding carboxylic acids is 2. The lowest BCUT2D eigenvalue weighted by Gasteiger charge is -2.33. The minimum Gasteiger partial charge on any atom is -0.483 e. The first-order chi connectivity index (χ1) is 15.4. The maximum atomic E-state index is 13.2. The average molecular weight is 449 g/mol. The van der Waals surface area contributed by atoms with Gasteiger partial charge in [0.05, 0.1) is 24.8 Å². The van der Waals surface area contributed by atoms with Crippen molar-refractivity contribution >= 4 is 18.3 Å². The molecule has 0 spiro atoms. The SMILES string of the molecule is O=C(Cc1cccc(F)c1)N[C@@H]1CC[C@H](C(=O)NCCCn2ccnn2)C[C@H]1O.O=CO. The molecule has 1 fully saturated rings. The van der Waals surface area contributed by atoms with Crippen LogP contribution in [0.1, 0.15) is 31.2 Å². The summed E-state index contributed by atoms with van der Waals surface area (Å²) in [6.45, 7) is 0.950. The Morgan fingerprint density at radius 1 is 1.31 bits per heavy atom. The largest absolute Gasteiger partial charge is 0.483 e. The third kappa shape index (κ3) is 8.42. The monoisotopic (exact) mass is 449 g/mol. The molecule has 1 saturated carbocycles. The van der Waals surface area contributed by atoms with Crippen molar-refractivity contribution in [3.63, 3.8) is 0 Å². The van der Waals surface area contributed by atoms with E-state index in [9.17, 15) is 19.1 Å². The standard InChI is InChI=1S/C20H26FN5O3.CH2O2/c21-16-4-1-3-14(11-16)12-19(28)24-17-6-5-15(13-18(17)27)20(29)22-7-2-9-26-10-8-23-25-26;2-1-3/h1,3-4,8,10-11,15,17-18,27H,2,5-7,9,12-13H2,(H,22,29)(H,24,28);1H,(H,2,3)/t15-,17+,18+;/m0./s1. The van der Waals surface area contributed by atoms with E-state index in [1.54, 1.807) is 29.2 Å². The fraction of sp³-hybridized carbons (Fsp3) is 0.476. The molecule has 2 aromatic rings. The third-order valence-corrected chi connectivity index (χ3v) is 5.12. The van der Waals surface area contributed by atoms with Crippen LogP contribution in [-0.2, 0) is 27.3 Å². The second-order valence-electron chi connectivity index (χ2n) is 7.47. The summed E-state index contributed by atoms with van der Waals surface area (Å²) in [6.07, 6.45) is 4.80. The van der Waals surface area contributed by atoms with Gasteiger partial charge in [-0.3, -0.25) is 19.1 Å². The average Bonchev–Trinajstić information content (AvgIpc) is 3.26. The van der Waals surface area contributed by atoms with Gasteiger partial charge in [0.1, 0.15) is 5.82 Å². The number of halogens is 1. The molecule has 0 radical (unpaired) electrons. The molecule has 0 unspecified atom stereocenters. The Morgan fingerprint density at radius 3 is 2.75 bits per heavy atom. The zero-order valence-electron chi connectivity index (χ0n) is 17.6. The summed E-state index contributed by atoms with van der Waals surface area (Å²) in [5.41, 5.74) is 0.580. The van der Waals surface area contributed by atoms with Crippen molar-refractivity contribution in [2.24, 2.45) is 5.92 Å². The molecule has 3 rings (SSSR count). The summed E-state index contributed by atoms with van der Waals surface area (Å²) in [5.74, 6) is -1.00. The van der Waals surface area contributed by atoms with Crippen molar-refractivity contribution in [1.82, 2.24) is 25.6 Å². The maximum Gasteiger partial charge on any atom is 0.290 e. The van der Waals surface area contributed by atoms with Crippen molar-refractivity contribution < 1.29 is 29.0 Å². The minimum atomic E-state index is -0.786. The summed E-state index contributed by atoms with van der Waals surface area (Å²) in [5, 5.41) is 30.5. The third-order valence-electron chi connectivity index (χ3n) is 5.12. The van der Waals surface area contributed by atoms with E-state index in [-0.39, 0.29) is 36.4 Å². The number of benzene rings is 1. The van der Waals surface area contributed by atoms with E-state index in [1.165, 1.54) is 12.1 Å². The van der Waals surface area contributed by atoms with Crippen LogP contribution < -0.4 is 10.6 Å². The van der Waals surface area contributed by atoms with E-state index in [0.29, 0.717) is 37.9 Å². The van der Waals surface area contributed by atoms with Crippen LogP contribution in [0.15, 0.2) is 36.7 Å². The number of aryl methyl sites for hydroxylation is 1. The Kier molecular flexibility index (Phi) is 10.2. The Bertz CT molecular complexity index is 864. The van der Waals surface area contributed by atoms with Crippen LogP contribution in [0.2, 0.25) is 0 Å². The molecule has 0 bridgehead atoms. The van der Waals surface area contributed by atoms with Crippen molar-refractivity contribution in [2.45, 2.75) is 50.8 Å². The van der Waals surface area contributed by atoms with Crippen LogP contribution in [-0.4, -0.2) is 62.2 Å². The zero-order chi connectivity index (χ0) is 23.3. The quantitative estimate of drug-likeness (QED) is 0.339. The molecule has 1 heterocycles. The number of aliphatic hydroxyl groups excluding tert-OH is 1. The van der Waals surface area contributed by atoms with Gasteiger partial charge in [0, 0.05) is 25.2 Å². The fourth-order valence-electron chi connectivity index (χ4n) is 3.59. The number of nitrogens with one attached hydrogen (secondary N) is 2. The smallest absolute Gasteiger partial charge is 0.290 e. The summed E-state index contributed by atoms with van der Waals surface area (Å²) < 4.78 is 14.9. The van der Waals surface area contributed by atoms with E-state index >= 15 is 0 Å². The molecule has 10 nitrogen and oxygen atoms in total. The predicted octanol–water partition coefficient (Wildman–Crippen LogP) is 0.513. The van der Waals surface area contributed by atoms with Crippen molar-refractivity contribution in [2.75, 3.05) is 6.54 Å². The molecule has 1 aromatic heterocycles. The van der Waals surface area contributed by atoms with Crippen molar-refractivity contribution in [3.8, 4) is 0 Å². The first-order valence-electron chi connectivity index (χ1n) is 10.3. The highest BCUT2D eigenvalue weighted by molar-refractivity contribution is 5.80. The lowest BCUT2D eigenvalue weighted by atomic mass is 9.83. The molecule has 0 aliphatic heterocycles. The summed E-state index contributed by atoms with van der Waals surface area (Å²) in [4.78, 5) is 32.9. The molecule has 0 saturated heterocycles. The Hall–Kier alpha value is -3.34. The Labute approximate surface area is 184 Å². The zero-order valence-corrected chi connectivity index (χ0v) is 17.6. The second-order valence-corrected chi connectivity index (χ2v) is 7.47. The number of aliphatic hydroxyl groups is 1. The Morgan fingerprint density at radius 2 is 2.09 bits per heavy atom. The second kappa shape index (κ2) is 13.2. The Balaban J connectivity index is 0.00000114. The molecule has 1 aliphatic rings. The van der Waals surface area contributed by atoms with Crippen LogP contribution in [0.3, 0.4) is 0 Å². The molecular weight excluding hydrogens is 421 g/mol. The first kappa shape index (κ1) is 24.9. The fourth-order valence-corrected chi connectivity index (χ4v) is 3.59. The predicted molar refractivity (Wildman–Crippen MR) is 112 cm³/mol. The number of rotatable bonds is 8. The van der Waals surface area contributed by atoms with E-state index in [2.05, 4.69) is 20.9 Å². The number of aromatic nitrogens is 3. The van der Waals surface area contributed by atoms with Gasteiger partial charge < -0.3 is 20.8 Å². The minimum absolute atomic E-state index is 0.0522. The molecule has 11 heteroatoms. The number of carboxylic acid groups (broad SMARTS) is 1. The molecule has 2 amide bonds. The van der Waals surface area contributed by atoms with Crippen LogP contribution in [0, 0.1) is 11.7 Å². The lowest BCUT2D eigenvalue weighted by molar-refractivity contribution is -0.128. The summed E-state index contributed by atoms with van der Waals surface area (Å²) >= 11 is 0. The van der Waals surface area contributed by atoms with Gasteiger partial charge in [-0.2, -0.15) is 0 Å². The number of hydrogen-bond donors (Lipinski definition) is 4. The molecule has 3 atom stereocenters. The van der Waals surface area contributed by atoms with Gasteiger partial charge in [0.25, 0.3) is 6.47 Å². The van der Waals surface area contributed by atoms with Gasteiger partial charge >= 0.3 is 0 Å². The van der Waals surface area contributed by atoms with E-state index in [0.717, 1.165) is 6.42 Å². The van der Waals surface area contributed by atoms with E-state index in [1.807, 2.05) is 0 Å². The lowest BCUT2D eigenvalue weighted by Crippen LogP contribution is -2.49. The number of amides is 2. The molecule has 32 heavy (non-hydrogen) atoms. The summed E-state index contributed by atoms with van der Waals surface area (Å²) in [6, 6.07) is 5.49. The number of nitrogens with zero attached hydrogens (tertiary/aromatic N) is 3. The van der Waals surface area contributed by atoms with Gasteiger partial charge in [-0.25, -0.2) is 4.39 Å². The van der Waals surface area contributed by atoms with Gasteiger partial charge in [-0.15, -0.1) is 5.10 Å². The number of hydrogen-bond acceptors (Lipinski definition) is 6. The highest BCUT2D eigenvalue weighted by atomic mass is 19.1.